The second kappa shape index (κ2) is 7.59. The zero-order valence-electron chi connectivity index (χ0n) is 13.4. The summed E-state index contributed by atoms with van der Waals surface area (Å²) in [5.41, 5.74) is 4.39. The Morgan fingerprint density at radius 2 is 2.00 bits per heavy atom. The Morgan fingerprint density at radius 1 is 1.18 bits per heavy atom. The average Bonchev–Trinajstić information content (AvgIpc) is 2.50. The van der Waals surface area contributed by atoms with Gasteiger partial charge in [0.1, 0.15) is 5.69 Å². The normalized spacial score (nSPS) is 10.3. The van der Waals surface area contributed by atoms with Crippen LogP contribution >= 0.6 is 0 Å². The molecule has 0 spiro atoms. The Bertz CT molecular complexity index is 653. The summed E-state index contributed by atoms with van der Waals surface area (Å²) >= 11 is 0. The number of amides is 1. The van der Waals surface area contributed by atoms with Gasteiger partial charge in [0.2, 0.25) is 0 Å². The minimum Gasteiger partial charge on any atom is -0.385 e. The number of carbonyl (C=O) groups excluding carboxylic acids is 1. The second-order valence-corrected chi connectivity index (χ2v) is 5.48. The topological polar surface area (TPSA) is 54.0 Å². The third-order valence-electron chi connectivity index (χ3n) is 3.48. The van der Waals surface area contributed by atoms with Gasteiger partial charge in [-0.2, -0.15) is 0 Å². The van der Waals surface area contributed by atoms with E-state index in [1.807, 2.05) is 38.1 Å². The van der Waals surface area contributed by atoms with Gasteiger partial charge in [-0.1, -0.05) is 31.0 Å². The van der Waals surface area contributed by atoms with Crippen molar-refractivity contribution in [2.75, 3.05) is 17.2 Å². The molecular weight excluding hydrogens is 274 g/mol. The third-order valence-corrected chi connectivity index (χ3v) is 3.48. The number of anilines is 2. The molecule has 116 valence electrons. The fourth-order valence-corrected chi connectivity index (χ4v) is 2.21. The van der Waals surface area contributed by atoms with E-state index in [4.69, 9.17) is 0 Å². The van der Waals surface area contributed by atoms with Crippen molar-refractivity contribution in [3.8, 4) is 0 Å². The molecule has 0 saturated carbocycles. The van der Waals surface area contributed by atoms with Gasteiger partial charge in [-0.15, -0.1) is 0 Å². The monoisotopic (exact) mass is 297 g/mol. The van der Waals surface area contributed by atoms with Crippen LogP contribution in [0, 0.1) is 13.8 Å². The molecule has 0 fully saturated rings. The number of nitrogens with zero attached hydrogens (tertiary/aromatic N) is 1. The van der Waals surface area contributed by atoms with Crippen LogP contribution < -0.4 is 10.6 Å². The van der Waals surface area contributed by atoms with Crippen molar-refractivity contribution in [3.05, 3.63) is 53.3 Å². The maximum absolute atomic E-state index is 12.3. The van der Waals surface area contributed by atoms with E-state index in [1.54, 1.807) is 12.3 Å². The summed E-state index contributed by atoms with van der Waals surface area (Å²) in [6, 6.07) is 9.62. The van der Waals surface area contributed by atoms with Gasteiger partial charge in [0.05, 0.1) is 0 Å². The molecule has 0 aliphatic rings. The molecule has 0 saturated heterocycles. The van der Waals surface area contributed by atoms with E-state index in [-0.39, 0.29) is 5.91 Å². The molecule has 0 aliphatic carbocycles. The van der Waals surface area contributed by atoms with Crippen LogP contribution in [0.25, 0.3) is 0 Å². The van der Waals surface area contributed by atoms with Crippen molar-refractivity contribution in [1.82, 2.24) is 4.98 Å². The number of hydrogen-bond donors (Lipinski definition) is 2. The number of benzene rings is 1. The summed E-state index contributed by atoms with van der Waals surface area (Å²) in [5, 5.41) is 6.22. The zero-order valence-corrected chi connectivity index (χ0v) is 13.4. The van der Waals surface area contributed by atoms with E-state index in [1.165, 1.54) is 5.56 Å². The standard InChI is InChI=1S/C18H23N3O/c1-4-5-9-19-15-8-10-20-17(12-15)18(22)21-16-7-6-13(2)11-14(16)3/h6-8,10-12H,4-5,9H2,1-3H3,(H,19,20)(H,21,22). The highest BCUT2D eigenvalue weighted by Gasteiger charge is 2.09. The third kappa shape index (κ3) is 4.32. The molecular formula is C18H23N3O. The van der Waals surface area contributed by atoms with Crippen molar-refractivity contribution in [2.24, 2.45) is 0 Å². The maximum Gasteiger partial charge on any atom is 0.274 e. The molecule has 0 unspecified atom stereocenters. The van der Waals surface area contributed by atoms with Crippen LogP contribution in [0.15, 0.2) is 36.5 Å². The van der Waals surface area contributed by atoms with Gasteiger partial charge in [0, 0.05) is 24.1 Å². The van der Waals surface area contributed by atoms with Crippen LogP contribution in [0.4, 0.5) is 11.4 Å². The molecule has 2 rings (SSSR count). The Morgan fingerprint density at radius 3 is 2.73 bits per heavy atom. The van der Waals surface area contributed by atoms with Crippen molar-refractivity contribution in [1.29, 1.82) is 0 Å². The predicted octanol–water partition coefficient (Wildman–Crippen LogP) is 4.16. The fourth-order valence-electron chi connectivity index (χ4n) is 2.21. The highest BCUT2D eigenvalue weighted by Crippen LogP contribution is 2.17. The molecule has 0 radical (unpaired) electrons. The van der Waals surface area contributed by atoms with Crippen LogP contribution in [-0.2, 0) is 0 Å². The minimum absolute atomic E-state index is 0.189. The molecule has 1 amide bonds. The largest absolute Gasteiger partial charge is 0.385 e. The molecule has 0 aliphatic heterocycles. The molecule has 1 aromatic heterocycles. The van der Waals surface area contributed by atoms with E-state index in [0.717, 1.165) is 36.3 Å². The molecule has 4 heteroatoms. The number of unbranched alkanes of at least 4 members (excludes halogenated alkanes) is 1. The number of aromatic nitrogens is 1. The van der Waals surface area contributed by atoms with E-state index in [0.29, 0.717) is 5.69 Å². The second-order valence-electron chi connectivity index (χ2n) is 5.48. The summed E-state index contributed by atoms with van der Waals surface area (Å²) in [6.07, 6.45) is 3.90. The number of nitrogens with one attached hydrogen (secondary N) is 2. The summed E-state index contributed by atoms with van der Waals surface area (Å²) in [7, 11) is 0. The first kappa shape index (κ1) is 16.0. The van der Waals surface area contributed by atoms with Crippen LogP contribution in [0.1, 0.15) is 41.4 Å². The van der Waals surface area contributed by atoms with Gasteiger partial charge in [-0.3, -0.25) is 9.78 Å². The fraction of sp³-hybridized carbons (Fsp3) is 0.333. The number of rotatable bonds is 6. The van der Waals surface area contributed by atoms with Crippen molar-refractivity contribution in [3.63, 3.8) is 0 Å². The predicted molar refractivity (Wildman–Crippen MR) is 91.5 cm³/mol. The van der Waals surface area contributed by atoms with Gasteiger partial charge >= 0.3 is 0 Å². The lowest BCUT2D eigenvalue weighted by atomic mass is 10.1. The average molecular weight is 297 g/mol. The van der Waals surface area contributed by atoms with Crippen molar-refractivity contribution in [2.45, 2.75) is 33.6 Å². The Kier molecular flexibility index (Phi) is 5.53. The molecule has 0 bridgehead atoms. The van der Waals surface area contributed by atoms with Crippen LogP contribution in [0.5, 0.6) is 0 Å². The lowest BCUT2D eigenvalue weighted by Gasteiger charge is -2.10. The van der Waals surface area contributed by atoms with Gasteiger partial charge in [0.25, 0.3) is 5.91 Å². The van der Waals surface area contributed by atoms with Crippen LogP contribution in [0.3, 0.4) is 0 Å². The smallest absolute Gasteiger partial charge is 0.274 e. The molecule has 1 heterocycles. The molecule has 4 nitrogen and oxygen atoms in total. The van der Waals surface area contributed by atoms with Crippen molar-refractivity contribution < 1.29 is 4.79 Å². The molecule has 2 aromatic rings. The van der Waals surface area contributed by atoms with E-state index in [2.05, 4.69) is 22.5 Å². The first-order valence-electron chi connectivity index (χ1n) is 7.68. The molecule has 22 heavy (non-hydrogen) atoms. The van der Waals surface area contributed by atoms with Gasteiger partial charge in [-0.05, 0) is 44.0 Å². The SMILES string of the molecule is CCCCNc1ccnc(C(=O)Nc2ccc(C)cc2C)c1. The Labute approximate surface area is 132 Å². The first-order valence-corrected chi connectivity index (χ1v) is 7.68. The van der Waals surface area contributed by atoms with E-state index < -0.39 is 0 Å². The lowest BCUT2D eigenvalue weighted by Crippen LogP contribution is -2.15. The summed E-state index contributed by atoms with van der Waals surface area (Å²) in [5.74, 6) is -0.189. The maximum atomic E-state index is 12.3. The minimum atomic E-state index is -0.189. The van der Waals surface area contributed by atoms with Crippen LogP contribution in [-0.4, -0.2) is 17.4 Å². The Hall–Kier alpha value is -2.36. The highest BCUT2D eigenvalue weighted by molar-refractivity contribution is 6.03. The van der Waals surface area contributed by atoms with Gasteiger partial charge < -0.3 is 10.6 Å². The van der Waals surface area contributed by atoms with E-state index in [9.17, 15) is 4.79 Å². The number of hydrogen-bond acceptors (Lipinski definition) is 3. The highest BCUT2D eigenvalue weighted by atomic mass is 16.1. The Balaban J connectivity index is 2.07. The number of aryl methyl sites for hydroxylation is 2. The quantitative estimate of drug-likeness (QED) is 0.787. The van der Waals surface area contributed by atoms with Gasteiger partial charge in [0.15, 0.2) is 0 Å². The summed E-state index contributed by atoms with van der Waals surface area (Å²) in [4.78, 5) is 16.5. The van der Waals surface area contributed by atoms with Gasteiger partial charge in [-0.25, -0.2) is 0 Å². The molecule has 1 aromatic carbocycles. The summed E-state index contributed by atoms with van der Waals surface area (Å²) < 4.78 is 0. The number of pyridine rings is 1. The lowest BCUT2D eigenvalue weighted by molar-refractivity contribution is 0.102. The molecule has 2 N–H and O–H groups in total. The summed E-state index contributed by atoms with van der Waals surface area (Å²) in [6.45, 7) is 7.07. The van der Waals surface area contributed by atoms with Crippen LogP contribution in [0.2, 0.25) is 0 Å². The first-order chi connectivity index (χ1) is 10.6. The molecule has 0 atom stereocenters. The van der Waals surface area contributed by atoms with E-state index >= 15 is 0 Å². The van der Waals surface area contributed by atoms with Crippen molar-refractivity contribution >= 4 is 17.3 Å². The number of carbonyl (C=O) groups is 1. The zero-order chi connectivity index (χ0) is 15.9.